The molecule has 1 heterocycles. The maximum Gasteiger partial charge on any atom is 0.321 e. The SMILES string of the molecule is CN(CC(=O)NCC#Cc1ccc(N2CCNC2=O)cc1)S(C)(=O)=O. The molecule has 1 aromatic rings. The number of sulfonamides is 1. The maximum absolute atomic E-state index is 11.6. The molecule has 1 saturated heterocycles. The molecule has 1 aromatic carbocycles. The summed E-state index contributed by atoms with van der Waals surface area (Å²) in [6.45, 7) is 1.15. The largest absolute Gasteiger partial charge is 0.344 e. The minimum absolute atomic E-state index is 0.111. The lowest BCUT2D eigenvalue weighted by molar-refractivity contribution is -0.120. The van der Waals surface area contributed by atoms with Crippen LogP contribution in [0.4, 0.5) is 10.5 Å². The Balaban J connectivity index is 1.83. The van der Waals surface area contributed by atoms with Gasteiger partial charge in [0.25, 0.3) is 0 Å². The van der Waals surface area contributed by atoms with Crippen molar-refractivity contribution in [2.24, 2.45) is 0 Å². The molecule has 0 spiro atoms. The highest BCUT2D eigenvalue weighted by atomic mass is 32.2. The molecular formula is C16H20N4O4S. The molecule has 0 unspecified atom stereocenters. The molecular weight excluding hydrogens is 344 g/mol. The second-order valence-corrected chi connectivity index (χ2v) is 7.62. The van der Waals surface area contributed by atoms with Crippen LogP contribution in [0.5, 0.6) is 0 Å². The van der Waals surface area contributed by atoms with Crippen LogP contribution in [-0.2, 0) is 14.8 Å². The van der Waals surface area contributed by atoms with Gasteiger partial charge in [-0.25, -0.2) is 13.2 Å². The molecule has 0 aromatic heterocycles. The standard InChI is InChI=1S/C16H20N4O4S/c1-19(25(2,23)24)12-15(21)17-9-3-4-13-5-7-14(8-6-13)20-11-10-18-16(20)22/h5-8H,9-12H2,1-2H3,(H,17,21)(H,18,22). The van der Waals surface area contributed by atoms with E-state index in [1.807, 2.05) is 12.1 Å². The van der Waals surface area contributed by atoms with E-state index < -0.39 is 15.9 Å². The molecule has 9 heteroatoms. The van der Waals surface area contributed by atoms with Gasteiger partial charge in [0.1, 0.15) is 0 Å². The monoisotopic (exact) mass is 364 g/mol. The molecule has 25 heavy (non-hydrogen) atoms. The molecule has 134 valence electrons. The number of hydrogen-bond acceptors (Lipinski definition) is 4. The third kappa shape index (κ3) is 5.48. The number of likely N-dealkylation sites (N-methyl/N-ethyl adjacent to an activating group) is 1. The van der Waals surface area contributed by atoms with Gasteiger partial charge >= 0.3 is 6.03 Å². The average Bonchev–Trinajstić information content (AvgIpc) is 2.97. The Labute approximate surface area is 147 Å². The predicted molar refractivity (Wildman–Crippen MR) is 94.5 cm³/mol. The zero-order valence-electron chi connectivity index (χ0n) is 14.1. The number of hydrogen-bond donors (Lipinski definition) is 2. The van der Waals surface area contributed by atoms with Crippen LogP contribution in [0.1, 0.15) is 5.56 Å². The zero-order valence-corrected chi connectivity index (χ0v) is 14.9. The third-order valence-electron chi connectivity index (χ3n) is 3.57. The van der Waals surface area contributed by atoms with Gasteiger partial charge in [0, 0.05) is 31.4 Å². The van der Waals surface area contributed by atoms with Crippen molar-refractivity contribution >= 4 is 27.6 Å². The van der Waals surface area contributed by atoms with Gasteiger partial charge in [0.15, 0.2) is 0 Å². The summed E-state index contributed by atoms with van der Waals surface area (Å²) < 4.78 is 23.4. The number of carbonyl (C=O) groups is 2. The Morgan fingerprint density at radius 2 is 2.04 bits per heavy atom. The topological polar surface area (TPSA) is 98.8 Å². The normalized spacial score (nSPS) is 14.0. The molecule has 1 fully saturated rings. The number of nitrogens with one attached hydrogen (secondary N) is 2. The highest BCUT2D eigenvalue weighted by Crippen LogP contribution is 2.16. The first-order chi connectivity index (χ1) is 11.8. The summed E-state index contributed by atoms with van der Waals surface area (Å²) in [5.41, 5.74) is 1.56. The van der Waals surface area contributed by atoms with Gasteiger partial charge in [0.05, 0.1) is 19.3 Å². The van der Waals surface area contributed by atoms with E-state index in [1.165, 1.54) is 7.05 Å². The molecule has 0 radical (unpaired) electrons. The van der Waals surface area contributed by atoms with Crippen molar-refractivity contribution in [2.45, 2.75) is 0 Å². The number of rotatable bonds is 5. The van der Waals surface area contributed by atoms with E-state index in [1.54, 1.807) is 17.0 Å². The summed E-state index contributed by atoms with van der Waals surface area (Å²) in [7, 11) is -2.05. The van der Waals surface area contributed by atoms with Gasteiger partial charge in [-0.3, -0.25) is 9.69 Å². The fourth-order valence-electron chi connectivity index (χ4n) is 2.11. The summed E-state index contributed by atoms with van der Waals surface area (Å²) in [4.78, 5) is 24.8. The predicted octanol–water partition coefficient (Wildman–Crippen LogP) is -0.425. The molecule has 1 aliphatic rings. The summed E-state index contributed by atoms with van der Waals surface area (Å²) in [5.74, 6) is 5.28. The molecule has 8 nitrogen and oxygen atoms in total. The quantitative estimate of drug-likeness (QED) is 0.693. The molecule has 0 bridgehead atoms. The molecule has 3 amide bonds. The Morgan fingerprint density at radius 3 is 2.60 bits per heavy atom. The summed E-state index contributed by atoms with van der Waals surface area (Å²) in [5, 5.41) is 5.27. The fourth-order valence-corrected chi connectivity index (χ4v) is 2.46. The molecule has 2 N–H and O–H groups in total. The van der Waals surface area contributed by atoms with E-state index in [4.69, 9.17) is 0 Å². The number of benzene rings is 1. The van der Waals surface area contributed by atoms with E-state index in [9.17, 15) is 18.0 Å². The molecule has 1 aliphatic heterocycles. The minimum atomic E-state index is -3.38. The van der Waals surface area contributed by atoms with Crippen molar-refractivity contribution in [3.05, 3.63) is 29.8 Å². The van der Waals surface area contributed by atoms with Crippen LogP contribution in [0, 0.1) is 11.8 Å². The van der Waals surface area contributed by atoms with Crippen molar-refractivity contribution in [2.75, 3.05) is 44.4 Å². The van der Waals surface area contributed by atoms with E-state index in [2.05, 4.69) is 22.5 Å². The van der Waals surface area contributed by atoms with E-state index in [0.29, 0.717) is 13.1 Å². The number of urea groups is 1. The van der Waals surface area contributed by atoms with Gasteiger partial charge in [-0.05, 0) is 24.3 Å². The first-order valence-electron chi connectivity index (χ1n) is 7.59. The lowest BCUT2D eigenvalue weighted by atomic mass is 10.2. The van der Waals surface area contributed by atoms with Crippen LogP contribution in [0.2, 0.25) is 0 Å². The Hall–Kier alpha value is -2.57. The second kappa shape index (κ2) is 8.00. The van der Waals surface area contributed by atoms with Crippen molar-refractivity contribution in [1.29, 1.82) is 0 Å². The van der Waals surface area contributed by atoms with Gasteiger partial charge in [0.2, 0.25) is 15.9 Å². The van der Waals surface area contributed by atoms with Crippen LogP contribution in [0.3, 0.4) is 0 Å². The van der Waals surface area contributed by atoms with Crippen molar-refractivity contribution in [3.63, 3.8) is 0 Å². The van der Waals surface area contributed by atoms with E-state index >= 15 is 0 Å². The Bertz CT molecular complexity index is 809. The molecule has 0 aliphatic carbocycles. The van der Waals surface area contributed by atoms with E-state index in [-0.39, 0.29) is 19.1 Å². The van der Waals surface area contributed by atoms with Gasteiger partial charge < -0.3 is 10.6 Å². The first kappa shape index (κ1) is 18.8. The summed E-state index contributed by atoms with van der Waals surface area (Å²) >= 11 is 0. The Kier molecular flexibility index (Phi) is 6.01. The van der Waals surface area contributed by atoms with Crippen LogP contribution in [-0.4, -0.2) is 64.1 Å². The van der Waals surface area contributed by atoms with Gasteiger partial charge in [-0.2, -0.15) is 4.31 Å². The highest BCUT2D eigenvalue weighted by molar-refractivity contribution is 7.88. The molecule has 0 saturated carbocycles. The lowest BCUT2D eigenvalue weighted by Crippen LogP contribution is -2.37. The number of amides is 3. The van der Waals surface area contributed by atoms with Gasteiger partial charge in [-0.1, -0.05) is 11.8 Å². The lowest BCUT2D eigenvalue weighted by Gasteiger charge is -2.13. The van der Waals surface area contributed by atoms with Crippen molar-refractivity contribution in [1.82, 2.24) is 14.9 Å². The highest BCUT2D eigenvalue weighted by Gasteiger charge is 2.20. The van der Waals surface area contributed by atoms with Gasteiger partial charge in [-0.15, -0.1) is 0 Å². The van der Waals surface area contributed by atoms with Crippen molar-refractivity contribution in [3.8, 4) is 11.8 Å². The van der Waals surface area contributed by atoms with Crippen LogP contribution in [0.15, 0.2) is 24.3 Å². The van der Waals surface area contributed by atoms with Crippen LogP contribution >= 0.6 is 0 Å². The summed E-state index contributed by atoms with van der Waals surface area (Å²) in [6, 6.07) is 7.12. The zero-order chi connectivity index (χ0) is 18.4. The minimum Gasteiger partial charge on any atom is -0.344 e. The number of carbonyl (C=O) groups excluding carboxylic acids is 2. The van der Waals surface area contributed by atoms with Crippen LogP contribution in [0.25, 0.3) is 0 Å². The second-order valence-electron chi connectivity index (χ2n) is 5.53. The summed E-state index contributed by atoms with van der Waals surface area (Å²) in [6.07, 6.45) is 1.04. The average molecular weight is 364 g/mol. The van der Waals surface area contributed by atoms with Crippen LogP contribution < -0.4 is 15.5 Å². The number of anilines is 1. The first-order valence-corrected chi connectivity index (χ1v) is 9.44. The Morgan fingerprint density at radius 1 is 1.36 bits per heavy atom. The fraction of sp³-hybridized carbons (Fsp3) is 0.375. The van der Waals surface area contributed by atoms with E-state index in [0.717, 1.165) is 21.8 Å². The maximum atomic E-state index is 11.6. The molecule has 0 atom stereocenters. The van der Waals surface area contributed by atoms with Crippen molar-refractivity contribution < 1.29 is 18.0 Å². The smallest absolute Gasteiger partial charge is 0.321 e. The molecule has 2 rings (SSSR count). The third-order valence-corrected chi connectivity index (χ3v) is 4.84. The number of nitrogens with zero attached hydrogens (tertiary/aromatic N) is 2.